The van der Waals surface area contributed by atoms with E-state index in [1.165, 1.54) is 13.0 Å². The van der Waals surface area contributed by atoms with Gasteiger partial charge in [-0.25, -0.2) is 4.98 Å². The topological polar surface area (TPSA) is 34.1 Å². The van der Waals surface area contributed by atoms with Crippen LogP contribution in [0.3, 0.4) is 0 Å². The standard InChI is InChI=1S/C11H18N2OS/c1-2-10-8-15-11(13-10)14-6-4-9-3-5-12-7-9/h8-9,12H,2-7H2,1H3. The van der Waals surface area contributed by atoms with Crippen LogP contribution in [0.25, 0.3) is 0 Å². The average Bonchev–Trinajstić information content (AvgIpc) is 2.88. The third kappa shape index (κ3) is 3.18. The first-order valence-electron chi connectivity index (χ1n) is 5.66. The minimum atomic E-state index is 0.801. The Labute approximate surface area is 94.9 Å². The molecule has 1 aromatic rings. The molecule has 1 aliphatic rings. The van der Waals surface area contributed by atoms with Crippen molar-refractivity contribution in [2.45, 2.75) is 26.2 Å². The summed E-state index contributed by atoms with van der Waals surface area (Å²) in [4.78, 5) is 4.37. The van der Waals surface area contributed by atoms with Gasteiger partial charge in [-0.1, -0.05) is 18.3 Å². The van der Waals surface area contributed by atoms with Crippen LogP contribution < -0.4 is 10.1 Å². The molecule has 3 nitrogen and oxygen atoms in total. The fourth-order valence-electron chi connectivity index (χ4n) is 1.79. The lowest BCUT2D eigenvalue weighted by Crippen LogP contribution is -2.11. The number of aromatic nitrogens is 1. The molecule has 0 bridgehead atoms. The maximum atomic E-state index is 5.63. The first-order chi connectivity index (χ1) is 7.38. The van der Waals surface area contributed by atoms with E-state index in [1.54, 1.807) is 11.3 Å². The average molecular weight is 226 g/mol. The fraction of sp³-hybridized carbons (Fsp3) is 0.727. The number of aryl methyl sites for hydroxylation is 1. The summed E-state index contributed by atoms with van der Waals surface area (Å²) in [5.74, 6) is 0.801. The highest BCUT2D eigenvalue weighted by Crippen LogP contribution is 2.19. The molecule has 2 rings (SSSR count). The van der Waals surface area contributed by atoms with Crippen molar-refractivity contribution in [2.24, 2.45) is 5.92 Å². The Morgan fingerprint density at radius 2 is 2.60 bits per heavy atom. The lowest BCUT2D eigenvalue weighted by Gasteiger charge is -2.07. The van der Waals surface area contributed by atoms with Gasteiger partial charge < -0.3 is 10.1 Å². The Bertz CT molecular complexity index is 295. The molecule has 0 aromatic carbocycles. The lowest BCUT2D eigenvalue weighted by molar-refractivity contribution is 0.282. The van der Waals surface area contributed by atoms with Crippen molar-refractivity contribution >= 4 is 11.3 Å². The van der Waals surface area contributed by atoms with Crippen molar-refractivity contribution < 1.29 is 4.74 Å². The second-order valence-electron chi connectivity index (χ2n) is 3.95. The van der Waals surface area contributed by atoms with Crippen LogP contribution in [0.15, 0.2) is 5.38 Å². The molecule has 1 N–H and O–H groups in total. The molecule has 1 saturated heterocycles. The van der Waals surface area contributed by atoms with Crippen LogP contribution in [0.5, 0.6) is 5.19 Å². The van der Waals surface area contributed by atoms with Crippen molar-refractivity contribution in [2.75, 3.05) is 19.7 Å². The summed E-state index contributed by atoms with van der Waals surface area (Å²) in [5.41, 5.74) is 1.14. The Hall–Kier alpha value is -0.610. The molecule has 2 heterocycles. The zero-order valence-electron chi connectivity index (χ0n) is 9.16. The number of thiazole rings is 1. The van der Waals surface area contributed by atoms with Crippen LogP contribution >= 0.6 is 11.3 Å². The number of nitrogens with one attached hydrogen (secondary N) is 1. The summed E-state index contributed by atoms with van der Waals surface area (Å²) in [6.07, 6.45) is 3.43. The molecule has 0 spiro atoms. The second kappa shape index (κ2) is 5.47. The molecule has 1 aliphatic heterocycles. The molecule has 4 heteroatoms. The molecule has 0 saturated carbocycles. The number of hydrogen-bond donors (Lipinski definition) is 1. The zero-order valence-corrected chi connectivity index (χ0v) is 9.98. The van der Waals surface area contributed by atoms with E-state index in [2.05, 4.69) is 22.6 Å². The molecule has 1 fully saturated rings. The molecule has 1 unspecified atom stereocenters. The van der Waals surface area contributed by atoms with Crippen LogP contribution in [-0.4, -0.2) is 24.7 Å². The number of nitrogens with zero attached hydrogens (tertiary/aromatic N) is 1. The van der Waals surface area contributed by atoms with Gasteiger partial charge >= 0.3 is 0 Å². The SMILES string of the molecule is CCc1csc(OCCC2CCNC2)n1. The maximum absolute atomic E-state index is 5.63. The third-order valence-corrected chi connectivity index (χ3v) is 3.61. The Kier molecular flexibility index (Phi) is 3.97. The van der Waals surface area contributed by atoms with E-state index in [-0.39, 0.29) is 0 Å². The van der Waals surface area contributed by atoms with E-state index in [0.29, 0.717) is 0 Å². The quantitative estimate of drug-likeness (QED) is 0.834. The zero-order chi connectivity index (χ0) is 10.5. The predicted octanol–water partition coefficient (Wildman–Crippen LogP) is 2.08. The van der Waals surface area contributed by atoms with Gasteiger partial charge in [0.2, 0.25) is 0 Å². The minimum Gasteiger partial charge on any atom is -0.470 e. The third-order valence-electron chi connectivity index (χ3n) is 2.81. The minimum absolute atomic E-state index is 0.801. The van der Waals surface area contributed by atoms with Gasteiger partial charge in [0.15, 0.2) is 0 Å². The monoisotopic (exact) mass is 226 g/mol. The first-order valence-corrected chi connectivity index (χ1v) is 6.54. The molecule has 1 aromatic heterocycles. The van der Waals surface area contributed by atoms with E-state index in [1.807, 2.05) is 0 Å². The number of rotatable bonds is 5. The predicted molar refractivity (Wildman–Crippen MR) is 62.6 cm³/mol. The van der Waals surface area contributed by atoms with Gasteiger partial charge in [0.25, 0.3) is 5.19 Å². The highest BCUT2D eigenvalue weighted by Gasteiger charge is 2.14. The summed E-state index contributed by atoms with van der Waals surface area (Å²) >= 11 is 1.61. The van der Waals surface area contributed by atoms with Crippen molar-refractivity contribution in [3.8, 4) is 5.19 Å². The molecule has 15 heavy (non-hydrogen) atoms. The molecule has 1 atom stereocenters. The first kappa shape index (κ1) is 10.9. The fourth-order valence-corrected chi connectivity index (χ4v) is 2.57. The van der Waals surface area contributed by atoms with E-state index < -0.39 is 0 Å². The molecular formula is C11H18N2OS. The smallest absolute Gasteiger partial charge is 0.273 e. The summed E-state index contributed by atoms with van der Waals surface area (Å²) in [7, 11) is 0. The van der Waals surface area contributed by atoms with Crippen molar-refractivity contribution in [1.29, 1.82) is 0 Å². The summed E-state index contributed by atoms with van der Waals surface area (Å²) in [5, 5.41) is 6.27. The summed E-state index contributed by atoms with van der Waals surface area (Å²) in [6, 6.07) is 0. The molecular weight excluding hydrogens is 208 g/mol. The van der Waals surface area contributed by atoms with Gasteiger partial charge in [-0.05, 0) is 38.3 Å². The molecule has 0 radical (unpaired) electrons. The maximum Gasteiger partial charge on any atom is 0.273 e. The van der Waals surface area contributed by atoms with Gasteiger partial charge in [0, 0.05) is 5.38 Å². The Balaban J connectivity index is 1.68. The van der Waals surface area contributed by atoms with E-state index in [4.69, 9.17) is 4.74 Å². The van der Waals surface area contributed by atoms with Crippen molar-refractivity contribution in [3.05, 3.63) is 11.1 Å². The largest absolute Gasteiger partial charge is 0.470 e. The van der Waals surface area contributed by atoms with Gasteiger partial charge in [-0.3, -0.25) is 0 Å². The second-order valence-corrected chi connectivity index (χ2v) is 4.77. The van der Waals surface area contributed by atoms with Gasteiger partial charge in [0.1, 0.15) is 0 Å². The van der Waals surface area contributed by atoms with Crippen LogP contribution in [0.4, 0.5) is 0 Å². The number of hydrogen-bond acceptors (Lipinski definition) is 4. The van der Waals surface area contributed by atoms with E-state index in [9.17, 15) is 0 Å². The van der Waals surface area contributed by atoms with Gasteiger partial charge in [-0.15, -0.1) is 0 Å². The van der Waals surface area contributed by atoms with Gasteiger partial charge in [-0.2, -0.15) is 0 Å². The lowest BCUT2D eigenvalue weighted by atomic mass is 10.1. The molecule has 84 valence electrons. The van der Waals surface area contributed by atoms with Crippen LogP contribution in [0.2, 0.25) is 0 Å². The van der Waals surface area contributed by atoms with Crippen LogP contribution in [0, 0.1) is 5.92 Å². The van der Waals surface area contributed by atoms with Crippen LogP contribution in [0.1, 0.15) is 25.5 Å². The highest BCUT2D eigenvalue weighted by atomic mass is 32.1. The van der Waals surface area contributed by atoms with E-state index >= 15 is 0 Å². The van der Waals surface area contributed by atoms with Crippen molar-refractivity contribution in [3.63, 3.8) is 0 Å². The normalized spacial score (nSPS) is 20.7. The summed E-state index contributed by atoms with van der Waals surface area (Å²) in [6.45, 7) is 5.25. The Morgan fingerprint density at radius 3 is 3.27 bits per heavy atom. The molecule has 0 aliphatic carbocycles. The van der Waals surface area contributed by atoms with Gasteiger partial charge in [0.05, 0.1) is 12.3 Å². The Morgan fingerprint density at radius 1 is 1.67 bits per heavy atom. The van der Waals surface area contributed by atoms with E-state index in [0.717, 1.165) is 42.8 Å². The highest BCUT2D eigenvalue weighted by molar-refractivity contribution is 7.11. The summed E-state index contributed by atoms with van der Waals surface area (Å²) < 4.78 is 5.63. The number of ether oxygens (including phenoxy) is 1. The van der Waals surface area contributed by atoms with Crippen LogP contribution in [-0.2, 0) is 6.42 Å². The molecule has 0 amide bonds. The van der Waals surface area contributed by atoms with Crippen molar-refractivity contribution in [1.82, 2.24) is 10.3 Å².